The van der Waals surface area contributed by atoms with Crippen LogP contribution in [0.25, 0.3) is 0 Å². The highest BCUT2D eigenvalue weighted by atomic mass is 16.5. The van der Waals surface area contributed by atoms with Crippen molar-refractivity contribution >= 4 is 0 Å². The third-order valence-electron chi connectivity index (χ3n) is 2.89. The van der Waals surface area contributed by atoms with Gasteiger partial charge in [0.05, 0.1) is 25.4 Å². The average Bonchev–Trinajstić information content (AvgIpc) is 2.89. The fourth-order valence-electron chi connectivity index (χ4n) is 1.92. The Bertz CT molecular complexity index is 420. The molecule has 17 heavy (non-hydrogen) atoms. The summed E-state index contributed by atoms with van der Waals surface area (Å²) in [5, 5.41) is 12.2. The number of ether oxygens (including phenoxy) is 2. The van der Waals surface area contributed by atoms with E-state index in [1.807, 2.05) is 18.2 Å². The summed E-state index contributed by atoms with van der Waals surface area (Å²) in [4.78, 5) is 0. The van der Waals surface area contributed by atoms with E-state index in [4.69, 9.17) is 14.7 Å². The van der Waals surface area contributed by atoms with Crippen molar-refractivity contribution in [3.05, 3.63) is 29.3 Å². The van der Waals surface area contributed by atoms with E-state index in [1.54, 1.807) is 7.11 Å². The summed E-state index contributed by atoms with van der Waals surface area (Å²) in [7, 11) is 1.57. The standard InChI is InChI=1S/C13H16N2O2/c1-16-13-3-2-10(6-11(13)7-14)9-17-12-4-5-15-8-12/h2-3,6,12,15H,4-5,8-9H2,1H3. The van der Waals surface area contributed by atoms with Gasteiger partial charge >= 0.3 is 0 Å². The lowest BCUT2D eigenvalue weighted by Gasteiger charge is -2.11. The first-order valence-corrected chi connectivity index (χ1v) is 5.73. The molecule has 4 heteroatoms. The molecule has 0 aliphatic carbocycles. The molecule has 0 spiro atoms. The fourth-order valence-corrected chi connectivity index (χ4v) is 1.92. The van der Waals surface area contributed by atoms with Gasteiger partial charge in [-0.05, 0) is 30.7 Å². The summed E-state index contributed by atoms with van der Waals surface area (Å²) in [5.41, 5.74) is 1.56. The van der Waals surface area contributed by atoms with E-state index in [2.05, 4.69) is 11.4 Å². The quantitative estimate of drug-likeness (QED) is 0.853. The van der Waals surface area contributed by atoms with Crippen LogP contribution in [0.1, 0.15) is 17.5 Å². The van der Waals surface area contributed by atoms with E-state index < -0.39 is 0 Å². The summed E-state index contributed by atoms with van der Waals surface area (Å²) in [5.74, 6) is 0.610. The Hall–Kier alpha value is -1.57. The number of methoxy groups -OCH3 is 1. The molecule has 0 radical (unpaired) electrons. The second-order valence-corrected chi connectivity index (χ2v) is 4.07. The highest BCUT2D eigenvalue weighted by Crippen LogP contribution is 2.19. The first-order chi connectivity index (χ1) is 8.33. The van der Waals surface area contributed by atoms with Gasteiger partial charge in [-0.2, -0.15) is 5.26 Å². The Morgan fingerprint density at radius 3 is 3.06 bits per heavy atom. The number of rotatable bonds is 4. The zero-order valence-corrected chi connectivity index (χ0v) is 9.90. The maximum atomic E-state index is 8.97. The minimum Gasteiger partial charge on any atom is -0.495 e. The number of nitrogens with zero attached hydrogens (tertiary/aromatic N) is 1. The normalized spacial score (nSPS) is 18.9. The minimum atomic E-state index is 0.294. The summed E-state index contributed by atoms with van der Waals surface area (Å²) in [6.07, 6.45) is 1.35. The molecule has 0 amide bonds. The number of hydrogen-bond acceptors (Lipinski definition) is 4. The van der Waals surface area contributed by atoms with Crippen LogP contribution < -0.4 is 10.1 Å². The van der Waals surface area contributed by atoms with Crippen LogP contribution in [0.4, 0.5) is 0 Å². The molecule has 2 rings (SSSR count). The molecule has 1 aliphatic rings. The van der Waals surface area contributed by atoms with Gasteiger partial charge in [-0.15, -0.1) is 0 Å². The van der Waals surface area contributed by atoms with Crippen molar-refractivity contribution < 1.29 is 9.47 Å². The molecule has 0 bridgehead atoms. The number of nitriles is 1. The van der Waals surface area contributed by atoms with Crippen LogP contribution in [0.2, 0.25) is 0 Å². The van der Waals surface area contributed by atoms with Crippen LogP contribution in [-0.4, -0.2) is 26.3 Å². The second kappa shape index (κ2) is 5.67. The van der Waals surface area contributed by atoms with Gasteiger partial charge in [-0.1, -0.05) is 6.07 Å². The van der Waals surface area contributed by atoms with Gasteiger partial charge in [0.2, 0.25) is 0 Å². The fraction of sp³-hybridized carbons (Fsp3) is 0.462. The monoisotopic (exact) mass is 232 g/mol. The van der Waals surface area contributed by atoms with Crippen molar-refractivity contribution in [2.75, 3.05) is 20.2 Å². The van der Waals surface area contributed by atoms with Gasteiger partial charge in [-0.3, -0.25) is 0 Å². The van der Waals surface area contributed by atoms with Crippen LogP contribution in [-0.2, 0) is 11.3 Å². The van der Waals surface area contributed by atoms with Crippen LogP contribution in [0.15, 0.2) is 18.2 Å². The Kier molecular flexibility index (Phi) is 3.97. The van der Waals surface area contributed by atoms with Crippen LogP contribution in [0.3, 0.4) is 0 Å². The highest BCUT2D eigenvalue weighted by Gasteiger charge is 2.14. The van der Waals surface area contributed by atoms with Gasteiger partial charge in [0.1, 0.15) is 11.8 Å². The molecule has 0 aromatic heterocycles. The zero-order valence-electron chi connectivity index (χ0n) is 9.90. The topological polar surface area (TPSA) is 54.3 Å². The molecule has 0 saturated carbocycles. The van der Waals surface area contributed by atoms with E-state index >= 15 is 0 Å². The van der Waals surface area contributed by atoms with E-state index in [0.29, 0.717) is 24.0 Å². The lowest BCUT2D eigenvalue weighted by Crippen LogP contribution is -2.16. The van der Waals surface area contributed by atoms with Crippen molar-refractivity contribution in [1.29, 1.82) is 5.26 Å². The second-order valence-electron chi connectivity index (χ2n) is 4.07. The predicted octanol–water partition coefficient (Wildman–Crippen LogP) is 1.45. The molecule has 1 atom stereocenters. The molecule has 1 unspecified atom stereocenters. The number of nitrogens with one attached hydrogen (secondary N) is 1. The van der Waals surface area contributed by atoms with Crippen LogP contribution in [0.5, 0.6) is 5.75 Å². The smallest absolute Gasteiger partial charge is 0.136 e. The zero-order chi connectivity index (χ0) is 12.1. The van der Waals surface area contributed by atoms with Gasteiger partial charge in [0.25, 0.3) is 0 Å². The van der Waals surface area contributed by atoms with Gasteiger partial charge in [-0.25, -0.2) is 0 Å². The molecule has 90 valence electrons. The molecular formula is C13H16N2O2. The molecule has 1 aromatic rings. The maximum Gasteiger partial charge on any atom is 0.136 e. The van der Waals surface area contributed by atoms with E-state index in [-0.39, 0.29) is 0 Å². The average molecular weight is 232 g/mol. The Morgan fingerprint density at radius 2 is 2.41 bits per heavy atom. The largest absolute Gasteiger partial charge is 0.495 e. The lowest BCUT2D eigenvalue weighted by molar-refractivity contribution is 0.0542. The molecule has 1 aliphatic heterocycles. The Balaban J connectivity index is 1.99. The first kappa shape index (κ1) is 11.9. The SMILES string of the molecule is COc1ccc(COC2CCNC2)cc1C#N. The maximum absolute atomic E-state index is 8.97. The van der Waals surface area contributed by atoms with Gasteiger partial charge in [0, 0.05) is 6.54 Å². The molecule has 1 aromatic carbocycles. The Labute approximate surface area is 101 Å². The molecule has 1 heterocycles. The third-order valence-corrected chi connectivity index (χ3v) is 2.89. The first-order valence-electron chi connectivity index (χ1n) is 5.73. The molecular weight excluding hydrogens is 216 g/mol. The third kappa shape index (κ3) is 2.96. The predicted molar refractivity (Wildman–Crippen MR) is 63.8 cm³/mol. The van der Waals surface area contributed by atoms with Crippen molar-refractivity contribution in [2.45, 2.75) is 19.1 Å². The summed E-state index contributed by atoms with van der Waals surface area (Å²) in [6, 6.07) is 7.68. The van der Waals surface area contributed by atoms with Gasteiger partial charge < -0.3 is 14.8 Å². The highest BCUT2D eigenvalue weighted by molar-refractivity contribution is 5.45. The molecule has 1 fully saturated rings. The Morgan fingerprint density at radius 1 is 1.53 bits per heavy atom. The van der Waals surface area contributed by atoms with Crippen molar-refractivity contribution in [3.8, 4) is 11.8 Å². The van der Waals surface area contributed by atoms with Gasteiger partial charge in [0.15, 0.2) is 0 Å². The molecule has 4 nitrogen and oxygen atoms in total. The molecule has 1 N–H and O–H groups in total. The van der Waals surface area contributed by atoms with E-state index in [9.17, 15) is 0 Å². The van der Waals surface area contributed by atoms with E-state index in [1.165, 1.54) is 0 Å². The van der Waals surface area contributed by atoms with E-state index in [0.717, 1.165) is 25.1 Å². The number of benzene rings is 1. The van der Waals surface area contributed by atoms with Crippen molar-refractivity contribution in [3.63, 3.8) is 0 Å². The summed E-state index contributed by atoms with van der Waals surface area (Å²) < 4.78 is 10.8. The van der Waals surface area contributed by atoms with Crippen molar-refractivity contribution in [2.24, 2.45) is 0 Å². The summed E-state index contributed by atoms with van der Waals surface area (Å²) >= 11 is 0. The van der Waals surface area contributed by atoms with Crippen LogP contribution >= 0.6 is 0 Å². The lowest BCUT2D eigenvalue weighted by atomic mass is 10.1. The van der Waals surface area contributed by atoms with Crippen molar-refractivity contribution in [1.82, 2.24) is 5.32 Å². The van der Waals surface area contributed by atoms with Crippen LogP contribution in [0, 0.1) is 11.3 Å². The molecule has 1 saturated heterocycles. The number of hydrogen-bond donors (Lipinski definition) is 1. The minimum absolute atomic E-state index is 0.294. The summed E-state index contributed by atoms with van der Waals surface area (Å²) in [6.45, 7) is 2.49.